The molecule has 1 aliphatic carbocycles. The number of hydrogen-bond acceptors (Lipinski definition) is 4. The zero-order valence-electron chi connectivity index (χ0n) is 15.3. The van der Waals surface area contributed by atoms with Gasteiger partial charge in [-0.15, -0.1) is 0 Å². The molecule has 1 aromatic carbocycles. The van der Waals surface area contributed by atoms with Gasteiger partial charge in [-0.2, -0.15) is 0 Å². The van der Waals surface area contributed by atoms with Crippen molar-refractivity contribution in [3.05, 3.63) is 34.9 Å². The largest absolute Gasteiger partial charge is 0.352 e. The van der Waals surface area contributed by atoms with Crippen LogP contribution in [0, 0.1) is 5.92 Å². The van der Waals surface area contributed by atoms with Crippen LogP contribution in [0.5, 0.6) is 0 Å². The molecule has 0 spiro atoms. The van der Waals surface area contributed by atoms with Crippen molar-refractivity contribution in [2.24, 2.45) is 5.92 Å². The maximum Gasteiger partial charge on any atom is 0.239 e. The molecule has 1 aliphatic heterocycles. The van der Waals surface area contributed by atoms with Crippen LogP contribution in [0.25, 0.3) is 0 Å². The van der Waals surface area contributed by atoms with Crippen molar-refractivity contribution >= 4 is 40.3 Å². The summed E-state index contributed by atoms with van der Waals surface area (Å²) in [7, 11) is 0. The molecule has 1 atom stereocenters. The number of carbonyl (C=O) groups excluding carboxylic acids is 3. The predicted molar refractivity (Wildman–Crippen MR) is 107 cm³/mol. The van der Waals surface area contributed by atoms with E-state index in [1.807, 2.05) is 18.2 Å². The number of nitrogens with one attached hydrogen (secondary N) is 1. The summed E-state index contributed by atoms with van der Waals surface area (Å²) in [5.41, 5.74) is 0.801. The lowest BCUT2D eigenvalue weighted by Gasteiger charge is -2.28. The molecule has 0 unspecified atom stereocenters. The third-order valence-electron chi connectivity index (χ3n) is 5.14. The molecule has 2 aliphatic rings. The molecule has 1 saturated heterocycles. The summed E-state index contributed by atoms with van der Waals surface area (Å²) >= 11 is 7.45. The minimum Gasteiger partial charge on any atom is -0.352 e. The van der Waals surface area contributed by atoms with Gasteiger partial charge in [-0.3, -0.25) is 14.4 Å². The predicted octanol–water partition coefficient (Wildman–Crippen LogP) is 3.40. The normalized spacial score (nSPS) is 20.5. The maximum atomic E-state index is 13.0. The lowest BCUT2D eigenvalue weighted by atomic mass is 9.95. The van der Waals surface area contributed by atoms with Crippen LogP contribution in [-0.2, 0) is 20.9 Å². The van der Waals surface area contributed by atoms with Gasteiger partial charge in [-0.1, -0.05) is 60.8 Å². The fourth-order valence-electron chi connectivity index (χ4n) is 3.67. The number of thioether (sulfide) groups is 1. The Morgan fingerprint density at radius 1 is 1.19 bits per heavy atom. The summed E-state index contributed by atoms with van der Waals surface area (Å²) in [4.78, 5) is 38.7. The molecular formula is C20H25ClN2O3S. The highest BCUT2D eigenvalue weighted by molar-refractivity contribution is 8.14. The maximum absolute atomic E-state index is 13.0. The molecule has 3 rings (SSSR count). The highest BCUT2D eigenvalue weighted by Gasteiger charge is 2.33. The van der Waals surface area contributed by atoms with E-state index in [4.69, 9.17) is 11.6 Å². The molecule has 0 aromatic heterocycles. The summed E-state index contributed by atoms with van der Waals surface area (Å²) in [5.74, 6) is -0.153. The third kappa shape index (κ3) is 5.72. The molecule has 2 fully saturated rings. The Labute approximate surface area is 169 Å². The second-order valence-electron chi connectivity index (χ2n) is 7.27. The van der Waals surface area contributed by atoms with E-state index in [1.165, 1.54) is 18.2 Å². The number of carbonyl (C=O) groups is 3. The Morgan fingerprint density at radius 2 is 1.93 bits per heavy atom. The van der Waals surface area contributed by atoms with Gasteiger partial charge >= 0.3 is 0 Å². The number of halogens is 1. The molecule has 1 aromatic rings. The number of benzene rings is 1. The Kier molecular flexibility index (Phi) is 7.19. The van der Waals surface area contributed by atoms with Gasteiger partial charge in [0, 0.05) is 29.8 Å². The fraction of sp³-hybridized carbons (Fsp3) is 0.550. The Hall–Kier alpha value is -1.53. The zero-order valence-corrected chi connectivity index (χ0v) is 16.9. The van der Waals surface area contributed by atoms with E-state index in [0.29, 0.717) is 10.8 Å². The molecule has 2 amide bonds. The summed E-state index contributed by atoms with van der Waals surface area (Å²) in [5, 5.41) is 3.67. The SMILES string of the molecule is O=C(CN(Cc1ccccc1Cl)C(=O)[C@@H]1CSC(=O)C1)NC1CCCCC1. The summed E-state index contributed by atoms with van der Waals surface area (Å²) in [6, 6.07) is 7.53. The zero-order chi connectivity index (χ0) is 19.2. The molecule has 1 saturated carbocycles. The highest BCUT2D eigenvalue weighted by Crippen LogP contribution is 2.28. The van der Waals surface area contributed by atoms with Crippen molar-refractivity contribution in [3.8, 4) is 0 Å². The summed E-state index contributed by atoms with van der Waals surface area (Å²) in [6.45, 7) is 0.266. The van der Waals surface area contributed by atoms with E-state index >= 15 is 0 Å². The summed E-state index contributed by atoms with van der Waals surface area (Å²) in [6.07, 6.45) is 5.73. The molecule has 0 bridgehead atoms. The van der Waals surface area contributed by atoms with Crippen LogP contribution in [-0.4, -0.2) is 40.2 Å². The van der Waals surface area contributed by atoms with Crippen molar-refractivity contribution in [2.75, 3.05) is 12.3 Å². The highest BCUT2D eigenvalue weighted by atomic mass is 35.5. The van der Waals surface area contributed by atoms with Crippen LogP contribution >= 0.6 is 23.4 Å². The van der Waals surface area contributed by atoms with E-state index in [2.05, 4.69) is 5.32 Å². The van der Waals surface area contributed by atoms with Crippen molar-refractivity contribution in [1.29, 1.82) is 0 Å². The first-order valence-electron chi connectivity index (χ1n) is 9.50. The Morgan fingerprint density at radius 3 is 2.59 bits per heavy atom. The van der Waals surface area contributed by atoms with Gasteiger partial charge in [0.15, 0.2) is 5.12 Å². The smallest absolute Gasteiger partial charge is 0.239 e. The monoisotopic (exact) mass is 408 g/mol. The van der Waals surface area contributed by atoms with Gasteiger partial charge in [0.25, 0.3) is 0 Å². The Balaban J connectivity index is 1.68. The average Bonchev–Trinajstić information content (AvgIpc) is 3.09. The van der Waals surface area contributed by atoms with Crippen LogP contribution in [0.15, 0.2) is 24.3 Å². The molecule has 146 valence electrons. The molecule has 1 heterocycles. The molecule has 1 N–H and O–H groups in total. The van der Waals surface area contributed by atoms with E-state index in [9.17, 15) is 14.4 Å². The van der Waals surface area contributed by atoms with E-state index in [1.54, 1.807) is 11.0 Å². The lowest BCUT2D eigenvalue weighted by molar-refractivity contribution is -0.140. The second kappa shape index (κ2) is 9.60. The minimum absolute atomic E-state index is 0.00405. The average molecular weight is 409 g/mol. The first kappa shape index (κ1) is 20.2. The van der Waals surface area contributed by atoms with Gasteiger partial charge < -0.3 is 10.2 Å². The van der Waals surface area contributed by atoms with Crippen LogP contribution in [0.4, 0.5) is 0 Å². The van der Waals surface area contributed by atoms with Crippen molar-refractivity contribution < 1.29 is 14.4 Å². The van der Waals surface area contributed by atoms with Gasteiger partial charge in [0.2, 0.25) is 11.8 Å². The number of rotatable bonds is 6. The third-order valence-corrected chi connectivity index (χ3v) is 6.57. The van der Waals surface area contributed by atoms with Crippen LogP contribution < -0.4 is 5.32 Å². The van der Waals surface area contributed by atoms with E-state index < -0.39 is 0 Å². The number of nitrogens with zero attached hydrogens (tertiary/aromatic N) is 1. The first-order valence-corrected chi connectivity index (χ1v) is 10.9. The number of amides is 2. The van der Waals surface area contributed by atoms with E-state index in [0.717, 1.165) is 31.2 Å². The minimum atomic E-state index is -0.354. The first-order chi connectivity index (χ1) is 13.0. The van der Waals surface area contributed by atoms with Crippen LogP contribution in [0.1, 0.15) is 44.1 Å². The quantitative estimate of drug-likeness (QED) is 0.783. The molecule has 0 radical (unpaired) electrons. The Bertz CT molecular complexity index is 706. The second-order valence-corrected chi connectivity index (χ2v) is 8.76. The van der Waals surface area contributed by atoms with Crippen molar-refractivity contribution in [3.63, 3.8) is 0 Å². The van der Waals surface area contributed by atoms with Gasteiger partial charge in [0.1, 0.15) is 0 Å². The van der Waals surface area contributed by atoms with Crippen molar-refractivity contribution in [2.45, 2.75) is 51.1 Å². The lowest BCUT2D eigenvalue weighted by Crippen LogP contribution is -2.46. The fourth-order valence-corrected chi connectivity index (χ4v) is 4.83. The molecule has 5 nitrogen and oxygen atoms in total. The van der Waals surface area contributed by atoms with Crippen LogP contribution in [0.2, 0.25) is 5.02 Å². The molecule has 7 heteroatoms. The van der Waals surface area contributed by atoms with E-state index in [-0.39, 0.29) is 48.4 Å². The standard InChI is InChI=1S/C20H25ClN2O3S/c21-17-9-5-4-6-14(17)11-23(20(26)15-10-19(25)27-13-15)12-18(24)22-16-7-2-1-3-8-16/h4-6,9,15-16H,1-3,7-8,10-13H2,(H,22,24)/t15-/m0/s1. The number of hydrogen-bond donors (Lipinski definition) is 1. The van der Waals surface area contributed by atoms with Gasteiger partial charge in [0.05, 0.1) is 12.5 Å². The van der Waals surface area contributed by atoms with Gasteiger partial charge in [-0.05, 0) is 24.5 Å². The molecular weight excluding hydrogens is 384 g/mol. The van der Waals surface area contributed by atoms with Crippen LogP contribution in [0.3, 0.4) is 0 Å². The van der Waals surface area contributed by atoms with Crippen molar-refractivity contribution in [1.82, 2.24) is 10.2 Å². The summed E-state index contributed by atoms with van der Waals surface area (Å²) < 4.78 is 0. The molecule has 27 heavy (non-hydrogen) atoms. The van der Waals surface area contributed by atoms with Gasteiger partial charge in [-0.25, -0.2) is 0 Å². The topological polar surface area (TPSA) is 66.5 Å².